The van der Waals surface area contributed by atoms with Crippen LogP contribution in [0.5, 0.6) is 0 Å². The van der Waals surface area contributed by atoms with Crippen molar-refractivity contribution in [2.45, 2.75) is 121 Å². The predicted molar refractivity (Wildman–Crippen MR) is 249 cm³/mol. The molecular formula is C43H70N10O14S. The Morgan fingerprint density at radius 3 is 1.71 bits per heavy atom. The minimum Gasteiger partial charge on any atom is -0.481 e. The fraction of sp³-hybridized carbons (Fsp3) is 0.628. The molecule has 24 nitrogen and oxygen atoms in total. The van der Waals surface area contributed by atoms with Crippen molar-refractivity contribution in [2.24, 2.45) is 23.3 Å². The Kier molecular flexibility index (Phi) is 28.3. The number of carboxylic acid groups (broad SMARTS) is 2. The van der Waals surface area contributed by atoms with Crippen molar-refractivity contribution >= 4 is 71.0 Å². The summed E-state index contributed by atoms with van der Waals surface area (Å²) in [5.41, 5.74) is 12.6. The molecule has 8 amide bonds. The molecule has 0 bridgehead atoms. The summed E-state index contributed by atoms with van der Waals surface area (Å²) >= 11 is 1.34. The first-order valence-corrected chi connectivity index (χ1v) is 23.6. The van der Waals surface area contributed by atoms with Gasteiger partial charge in [-0.2, -0.15) is 11.8 Å². The van der Waals surface area contributed by atoms with Crippen LogP contribution < -0.4 is 54.0 Å². The molecule has 0 spiro atoms. The zero-order chi connectivity index (χ0) is 51.5. The minimum atomic E-state index is -1.81. The molecule has 0 saturated heterocycles. The first-order chi connectivity index (χ1) is 32.1. The van der Waals surface area contributed by atoms with E-state index in [0.29, 0.717) is 18.6 Å². The van der Waals surface area contributed by atoms with Crippen LogP contribution in [0, 0.1) is 11.8 Å². The number of nitrogens with two attached hydrogens (primary N) is 2. The molecule has 16 N–H and O–H groups in total. The second-order valence-electron chi connectivity index (χ2n) is 16.3. The van der Waals surface area contributed by atoms with Gasteiger partial charge in [0.05, 0.1) is 32.2 Å². The molecule has 1 aromatic rings. The highest BCUT2D eigenvalue weighted by Gasteiger charge is 2.36. The van der Waals surface area contributed by atoms with Crippen LogP contribution in [-0.2, 0) is 54.4 Å². The van der Waals surface area contributed by atoms with Gasteiger partial charge < -0.3 is 74.4 Å². The molecule has 0 saturated carbocycles. The molecule has 0 radical (unpaired) electrons. The summed E-state index contributed by atoms with van der Waals surface area (Å²) < 4.78 is 0. The van der Waals surface area contributed by atoms with Crippen LogP contribution in [0.15, 0.2) is 30.3 Å². The van der Waals surface area contributed by atoms with Crippen LogP contribution in [0.1, 0.15) is 71.8 Å². The van der Waals surface area contributed by atoms with E-state index >= 15 is 0 Å². The van der Waals surface area contributed by atoms with Crippen molar-refractivity contribution in [3.05, 3.63) is 35.9 Å². The van der Waals surface area contributed by atoms with E-state index in [1.807, 2.05) is 6.07 Å². The van der Waals surface area contributed by atoms with Crippen LogP contribution in [0.3, 0.4) is 0 Å². The number of carbonyl (C=O) groups is 10. The maximum absolute atomic E-state index is 13.9. The van der Waals surface area contributed by atoms with E-state index in [9.17, 15) is 68.4 Å². The fourth-order valence-corrected chi connectivity index (χ4v) is 6.81. The molecule has 382 valence electrons. The number of rotatable bonds is 33. The second kappa shape index (κ2) is 32.0. The van der Waals surface area contributed by atoms with Gasteiger partial charge in [-0.05, 0) is 68.1 Å². The highest BCUT2D eigenvalue weighted by molar-refractivity contribution is 7.98. The van der Waals surface area contributed by atoms with Gasteiger partial charge in [-0.15, -0.1) is 0 Å². The second-order valence-corrected chi connectivity index (χ2v) is 17.3. The van der Waals surface area contributed by atoms with E-state index in [2.05, 4.69) is 42.5 Å². The number of carboxylic acids is 2. The predicted octanol–water partition coefficient (Wildman–Crippen LogP) is -3.81. The van der Waals surface area contributed by atoms with E-state index in [-0.39, 0.29) is 32.2 Å². The number of hydrogen-bond donors (Lipinski definition) is 14. The van der Waals surface area contributed by atoms with Gasteiger partial charge in [0.1, 0.15) is 42.3 Å². The number of aliphatic hydroxyl groups excluding tert-OH is 2. The standard InChI is InChI=1S/C43H70N10O14S/c1-6-24(4)35(53-41(64)34(23(2)3)52-36(59)26(45)18-25-12-8-7-9-13-25)42(65)50-29(19-33(57)58)39(62)48-27(14-10-11-16-44)38(61)51-30(21-54)37(60)46-20-32(56)47-31(22-55)40(63)49-28(43(66)67)15-17-68-5/h7-9,12-13,23-24,26-31,34-35,54-55H,6,10-11,14-22,44-45H2,1-5H3,(H,46,60)(H,47,56)(H,48,62)(H,49,63)(H,50,65)(H,51,61)(H,52,59)(H,53,64)(H,57,58)(H,66,67)/t24-,26-,27-,28-,29-,30-,31-,34-,35-/m0/s1. The van der Waals surface area contributed by atoms with Crippen molar-refractivity contribution in [3.8, 4) is 0 Å². The summed E-state index contributed by atoms with van der Waals surface area (Å²) in [5.74, 6) is -11.1. The molecule has 0 unspecified atom stereocenters. The molecule has 1 rings (SSSR count). The summed E-state index contributed by atoms with van der Waals surface area (Å²) in [6.45, 7) is 4.11. The Morgan fingerprint density at radius 2 is 1.16 bits per heavy atom. The van der Waals surface area contributed by atoms with Gasteiger partial charge >= 0.3 is 11.9 Å². The lowest BCUT2D eigenvalue weighted by Gasteiger charge is -2.30. The highest BCUT2D eigenvalue weighted by atomic mass is 32.2. The summed E-state index contributed by atoms with van der Waals surface area (Å²) in [6.07, 6.45) is 1.83. The first-order valence-electron chi connectivity index (χ1n) is 22.2. The third kappa shape index (κ3) is 21.8. The number of aliphatic hydroxyl groups is 2. The van der Waals surface area contributed by atoms with Crippen molar-refractivity contribution in [1.29, 1.82) is 0 Å². The first kappa shape index (κ1) is 60.1. The Labute approximate surface area is 399 Å². The molecule has 68 heavy (non-hydrogen) atoms. The molecule has 0 aliphatic rings. The lowest BCUT2D eigenvalue weighted by Crippen LogP contribution is -2.61. The van der Waals surface area contributed by atoms with E-state index in [0.717, 1.165) is 5.56 Å². The van der Waals surface area contributed by atoms with Gasteiger partial charge in [-0.3, -0.25) is 43.2 Å². The quantitative estimate of drug-likeness (QED) is 0.0300. The molecule has 0 fully saturated rings. The lowest BCUT2D eigenvalue weighted by molar-refractivity contribution is -0.142. The monoisotopic (exact) mass is 982 g/mol. The molecule has 25 heteroatoms. The number of benzene rings is 1. The minimum absolute atomic E-state index is 0.0614. The molecule has 0 aliphatic carbocycles. The van der Waals surface area contributed by atoms with E-state index < -0.39 is 146 Å². The van der Waals surface area contributed by atoms with Crippen molar-refractivity contribution < 1.29 is 68.4 Å². The van der Waals surface area contributed by atoms with Crippen LogP contribution in [0.25, 0.3) is 0 Å². The van der Waals surface area contributed by atoms with Gasteiger partial charge in [0.2, 0.25) is 47.3 Å². The van der Waals surface area contributed by atoms with Crippen LogP contribution >= 0.6 is 11.8 Å². The molecule has 0 heterocycles. The Balaban J connectivity index is 3.15. The number of carbonyl (C=O) groups excluding carboxylic acids is 8. The average Bonchev–Trinajstić information content (AvgIpc) is 3.29. The molecule has 9 atom stereocenters. The van der Waals surface area contributed by atoms with Gasteiger partial charge in [-0.25, -0.2) is 4.79 Å². The van der Waals surface area contributed by atoms with E-state index in [4.69, 9.17) is 11.5 Å². The zero-order valence-electron chi connectivity index (χ0n) is 39.1. The van der Waals surface area contributed by atoms with Gasteiger partial charge in [0.25, 0.3) is 0 Å². The fourth-order valence-electron chi connectivity index (χ4n) is 6.34. The van der Waals surface area contributed by atoms with Crippen molar-refractivity contribution in [2.75, 3.05) is 38.3 Å². The number of unbranched alkanes of at least 4 members (excludes halogenated alkanes) is 1. The number of aliphatic carboxylic acids is 2. The topological polar surface area (TPSA) is 400 Å². The normalized spacial score (nSPS) is 15.0. The SMILES string of the molecule is CC[C@H](C)[C@H](NC(=O)[C@@H](NC(=O)[C@@H](N)Cc1ccccc1)C(C)C)C(=O)N[C@@H](CC(=O)O)C(=O)N[C@@H](CCCCN)C(=O)N[C@@H](CO)C(=O)NCC(=O)N[C@@H](CO)C(=O)N[C@@H](CCSC)C(=O)O. The summed E-state index contributed by atoms with van der Waals surface area (Å²) in [6, 6.07) is -2.42. The van der Waals surface area contributed by atoms with E-state index in [1.165, 1.54) is 11.8 Å². The van der Waals surface area contributed by atoms with Gasteiger partial charge in [0, 0.05) is 0 Å². The van der Waals surface area contributed by atoms with Crippen molar-refractivity contribution in [3.63, 3.8) is 0 Å². The molecular weight excluding hydrogens is 913 g/mol. The van der Waals surface area contributed by atoms with Gasteiger partial charge in [0.15, 0.2) is 0 Å². The van der Waals surface area contributed by atoms with Crippen LogP contribution in [0.2, 0.25) is 0 Å². The average molecular weight is 983 g/mol. The molecule has 1 aromatic carbocycles. The molecule has 0 aromatic heterocycles. The van der Waals surface area contributed by atoms with Gasteiger partial charge in [-0.1, -0.05) is 64.4 Å². The van der Waals surface area contributed by atoms with E-state index in [1.54, 1.807) is 58.2 Å². The van der Waals surface area contributed by atoms with Crippen molar-refractivity contribution in [1.82, 2.24) is 42.5 Å². The smallest absolute Gasteiger partial charge is 0.326 e. The number of thioether (sulfide) groups is 1. The molecule has 0 aliphatic heterocycles. The Morgan fingerprint density at radius 1 is 0.632 bits per heavy atom. The third-order valence-electron chi connectivity index (χ3n) is 10.6. The maximum atomic E-state index is 13.9. The Hall–Kier alpha value is -5.89. The highest BCUT2D eigenvalue weighted by Crippen LogP contribution is 2.13. The number of amides is 8. The van der Waals surface area contributed by atoms with Crippen LogP contribution in [0.4, 0.5) is 0 Å². The summed E-state index contributed by atoms with van der Waals surface area (Å²) in [7, 11) is 0. The largest absolute Gasteiger partial charge is 0.481 e. The third-order valence-corrected chi connectivity index (χ3v) is 11.2. The number of nitrogens with one attached hydrogen (secondary N) is 8. The zero-order valence-corrected chi connectivity index (χ0v) is 39.9. The Bertz CT molecular complexity index is 1850. The summed E-state index contributed by atoms with van der Waals surface area (Å²) in [5, 5.41) is 57.6. The summed E-state index contributed by atoms with van der Waals surface area (Å²) in [4.78, 5) is 130. The van der Waals surface area contributed by atoms with Crippen LogP contribution in [-0.4, -0.2) is 166 Å². The lowest BCUT2D eigenvalue weighted by atomic mass is 9.95. The number of hydrogen-bond acceptors (Lipinski definition) is 15. The maximum Gasteiger partial charge on any atom is 0.326 e.